The fourth-order valence-electron chi connectivity index (χ4n) is 4.16. The topological polar surface area (TPSA) is 146 Å². The molecular weight excluding hydrogens is 397 g/mol. The minimum absolute atomic E-state index is 0.0242. The summed E-state index contributed by atoms with van der Waals surface area (Å²) in [5.41, 5.74) is 5.92. The normalized spacial score (nSPS) is 34.6. The van der Waals surface area contributed by atoms with E-state index in [1.807, 2.05) is 0 Å². The molecule has 2 fully saturated rings. The molecule has 0 aromatic carbocycles. The molecule has 2 aromatic heterocycles. The van der Waals surface area contributed by atoms with Gasteiger partial charge >= 0.3 is 7.60 Å². The number of hydrogen-bond donors (Lipinski definition) is 3. The van der Waals surface area contributed by atoms with Crippen LogP contribution in [-0.4, -0.2) is 61.8 Å². The fourth-order valence-corrected chi connectivity index (χ4v) is 5.35. The molecule has 0 spiro atoms. The number of aromatic nitrogens is 4. The zero-order chi connectivity index (χ0) is 19.6. The van der Waals surface area contributed by atoms with E-state index in [1.165, 1.54) is 13.0 Å². The standard InChI is InChI=1S/C15H21ClN5O5P/c1-3-25-27(2,24)26-5-15-4-7(15)9(10(22)11(15)23)21-6-18-8-12(17)19-14(16)20-13(8)21/h6-7,9-11,22-23H,3-5H2,1-2H3,(H2,17,19,20)/t7-,9-,10+,11+,15-,27?/m1/s1. The van der Waals surface area contributed by atoms with Crippen LogP contribution in [0.1, 0.15) is 19.4 Å². The maximum atomic E-state index is 12.2. The Kier molecular flexibility index (Phi) is 4.49. The van der Waals surface area contributed by atoms with Crippen LogP contribution in [0.2, 0.25) is 5.28 Å². The average Bonchev–Trinajstić information content (AvgIpc) is 3.09. The van der Waals surface area contributed by atoms with E-state index >= 15 is 0 Å². The number of nitrogens with two attached hydrogens (primary N) is 1. The van der Waals surface area contributed by atoms with Crippen molar-refractivity contribution in [3.05, 3.63) is 11.6 Å². The quantitative estimate of drug-likeness (QED) is 0.466. The number of aliphatic hydroxyl groups is 2. The van der Waals surface area contributed by atoms with Gasteiger partial charge in [-0.3, -0.25) is 4.57 Å². The number of nitrogen functional groups attached to an aromatic ring is 1. The summed E-state index contributed by atoms with van der Waals surface area (Å²) in [5.74, 6) is 0.0438. The Bertz CT molecular complexity index is 941. The maximum Gasteiger partial charge on any atom is 0.327 e. The molecule has 2 aliphatic carbocycles. The molecule has 10 nitrogen and oxygen atoms in total. The van der Waals surface area contributed by atoms with Gasteiger partial charge in [0, 0.05) is 12.1 Å². The highest BCUT2D eigenvalue weighted by Crippen LogP contribution is 2.69. The molecule has 0 radical (unpaired) electrons. The molecule has 0 saturated heterocycles. The van der Waals surface area contributed by atoms with E-state index in [0.29, 0.717) is 17.6 Å². The van der Waals surface area contributed by atoms with Gasteiger partial charge < -0.3 is 29.6 Å². The number of hydrogen-bond acceptors (Lipinski definition) is 9. The summed E-state index contributed by atoms with van der Waals surface area (Å²) in [7, 11) is -3.21. The number of fused-ring (bicyclic) bond motifs is 2. The maximum absolute atomic E-state index is 12.2. The van der Waals surface area contributed by atoms with Crippen LogP contribution in [0.3, 0.4) is 0 Å². The van der Waals surface area contributed by atoms with Gasteiger partial charge in [-0.05, 0) is 30.9 Å². The smallest absolute Gasteiger partial charge is 0.327 e. The Balaban J connectivity index is 1.63. The van der Waals surface area contributed by atoms with Crippen LogP contribution in [0.4, 0.5) is 5.82 Å². The summed E-state index contributed by atoms with van der Waals surface area (Å²) in [4.78, 5) is 12.3. The molecule has 2 heterocycles. The van der Waals surface area contributed by atoms with E-state index in [4.69, 9.17) is 26.4 Å². The molecule has 4 rings (SSSR count). The second-order valence-corrected chi connectivity index (χ2v) is 9.53. The van der Waals surface area contributed by atoms with Gasteiger partial charge in [0.25, 0.3) is 0 Å². The Morgan fingerprint density at radius 3 is 2.89 bits per heavy atom. The summed E-state index contributed by atoms with van der Waals surface area (Å²) in [5, 5.41) is 21.3. The molecular formula is C15H21ClN5O5P. The number of anilines is 1. The van der Waals surface area contributed by atoms with Crippen LogP contribution in [0, 0.1) is 11.3 Å². The van der Waals surface area contributed by atoms with Gasteiger partial charge in [-0.1, -0.05) is 0 Å². The zero-order valence-corrected chi connectivity index (χ0v) is 16.5. The Morgan fingerprint density at radius 1 is 1.44 bits per heavy atom. The Hall–Kier alpha value is -1.29. The van der Waals surface area contributed by atoms with E-state index in [9.17, 15) is 14.8 Å². The van der Waals surface area contributed by atoms with E-state index in [2.05, 4.69) is 15.0 Å². The van der Waals surface area contributed by atoms with Crippen molar-refractivity contribution in [1.29, 1.82) is 0 Å². The van der Waals surface area contributed by atoms with Crippen molar-refractivity contribution in [2.45, 2.75) is 31.6 Å². The second kappa shape index (κ2) is 6.37. The number of imidazole rings is 1. The molecule has 2 saturated carbocycles. The van der Waals surface area contributed by atoms with Gasteiger partial charge in [-0.25, -0.2) is 4.98 Å². The number of rotatable bonds is 6. The summed E-state index contributed by atoms with van der Waals surface area (Å²) in [6.07, 6.45) is 0.00674. The monoisotopic (exact) mass is 417 g/mol. The third-order valence-electron chi connectivity index (χ3n) is 5.53. The van der Waals surface area contributed by atoms with Crippen molar-refractivity contribution >= 4 is 36.2 Å². The SMILES string of the molecule is CCOP(C)(=O)OC[C@]12C[C@@H]1[C@@H](n1cnc3c(N)nc(Cl)nc31)[C@H](O)[C@@H]2O. The zero-order valence-electron chi connectivity index (χ0n) is 14.8. The van der Waals surface area contributed by atoms with Crippen molar-refractivity contribution in [1.82, 2.24) is 19.5 Å². The first-order valence-electron chi connectivity index (χ1n) is 8.58. The van der Waals surface area contributed by atoms with Crippen LogP contribution in [0.15, 0.2) is 6.33 Å². The van der Waals surface area contributed by atoms with Crippen molar-refractivity contribution < 1.29 is 23.8 Å². The van der Waals surface area contributed by atoms with Crippen molar-refractivity contribution in [2.24, 2.45) is 11.3 Å². The third-order valence-corrected chi connectivity index (χ3v) is 7.02. The first-order chi connectivity index (χ1) is 12.7. The van der Waals surface area contributed by atoms with Gasteiger partial charge in [-0.15, -0.1) is 0 Å². The minimum atomic E-state index is -3.21. The van der Waals surface area contributed by atoms with Crippen LogP contribution >= 0.6 is 19.2 Å². The second-order valence-electron chi connectivity index (χ2n) is 7.13. The molecule has 0 aliphatic heterocycles. The van der Waals surface area contributed by atoms with Crippen LogP contribution < -0.4 is 5.73 Å². The summed E-state index contributed by atoms with van der Waals surface area (Å²) in [6.45, 7) is 3.42. The lowest BCUT2D eigenvalue weighted by atomic mass is 10.0. The predicted molar refractivity (Wildman–Crippen MR) is 97.4 cm³/mol. The number of halogens is 1. The van der Waals surface area contributed by atoms with Crippen LogP contribution in [0.25, 0.3) is 11.2 Å². The predicted octanol–water partition coefficient (Wildman–Crippen LogP) is 1.22. The van der Waals surface area contributed by atoms with Gasteiger partial charge in [-0.2, -0.15) is 9.97 Å². The molecule has 12 heteroatoms. The van der Waals surface area contributed by atoms with E-state index in [-0.39, 0.29) is 30.2 Å². The lowest BCUT2D eigenvalue weighted by Gasteiger charge is -2.24. The summed E-state index contributed by atoms with van der Waals surface area (Å²) < 4.78 is 24.5. The summed E-state index contributed by atoms with van der Waals surface area (Å²) in [6, 6.07) is -0.484. The molecule has 0 bridgehead atoms. The minimum Gasteiger partial charge on any atom is -0.390 e. The molecule has 2 aliphatic rings. The Labute approximate surface area is 160 Å². The van der Waals surface area contributed by atoms with Gasteiger partial charge in [0.15, 0.2) is 11.5 Å². The molecule has 27 heavy (non-hydrogen) atoms. The molecule has 0 amide bonds. The summed E-state index contributed by atoms with van der Waals surface area (Å²) >= 11 is 5.91. The van der Waals surface area contributed by atoms with Gasteiger partial charge in [0.1, 0.15) is 11.6 Å². The van der Waals surface area contributed by atoms with Crippen LogP contribution in [-0.2, 0) is 13.6 Å². The van der Waals surface area contributed by atoms with Gasteiger partial charge in [0.05, 0.1) is 31.7 Å². The van der Waals surface area contributed by atoms with E-state index in [0.717, 1.165) is 0 Å². The molecule has 6 atom stereocenters. The highest BCUT2D eigenvalue weighted by atomic mass is 35.5. The van der Waals surface area contributed by atoms with E-state index in [1.54, 1.807) is 11.5 Å². The van der Waals surface area contributed by atoms with Crippen molar-refractivity contribution in [2.75, 3.05) is 25.6 Å². The largest absolute Gasteiger partial charge is 0.390 e. The molecule has 148 valence electrons. The number of nitrogens with zero attached hydrogens (tertiary/aromatic N) is 4. The van der Waals surface area contributed by atoms with Crippen LogP contribution in [0.5, 0.6) is 0 Å². The van der Waals surface area contributed by atoms with Gasteiger partial charge in [0.2, 0.25) is 5.28 Å². The number of aliphatic hydroxyl groups excluding tert-OH is 2. The fraction of sp³-hybridized carbons (Fsp3) is 0.667. The van der Waals surface area contributed by atoms with Crippen molar-refractivity contribution in [3.8, 4) is 0 Å². The first kappa shape index (κ1) is 19.0. The average molecular weight is 418 g/mol. The lowest BCUT2D eigenvalue weighted by molar-refractivity contribution is -0.0285. The lowest BCUT2D eigenvalue weighted by Crippen LogP contribution is -2.35. The molecule has 4 N–H and O–H groups in total. The highest BCUT2D eigenvalue weighted by Gasteiger charge is 2.72. The molecule has 1 unspecified atom stereocenters. The first-order valence-corrected chi connectivity index (χ1v) is 11.0. The van der Waals surface area contributed by atoms with E-state index < -0.39 is 31.3 Å². The third kappa shape index (κ3) is 2.95. The molecule has 2 aromatic rings. The Morgan fingerprint density at radius 2 is 2.19 bits per heavy atom. The van der Waals surface area contributed by atoms with Crippen molar-refractivity contribution in [3.63, 3.8) is 0 Å². The highest BCUT2D eigenvalue weighted by molar-refractivity contribution is 7.52.